The van der Waals surface area contributed by atoms with E-state index in [1.807, 2.05) is 6.92 Å². The second-order valence-electron chi connectivity index (χ2n) is 9.25. The Hall–Kier alpha value is -1.32. The van der Waals surface area contributed by atoms with Crippen LogP contribution in [-0.2, 0) is 14.3 Å². The number of allylic oxidation sites excluding steroid dienone is 2. The first-order chi connectivity index (χ1) is 15.6. The van der Waals surface area contributed by atoms with Crippen LogP contribution in [-0.4, -0.2) is 23.7 Å². The summed E-state index contributed by atoms with van der Waals surface area (Å²) in [5, 5.41) is 9.00. The van der Waals surface area contributed by atoms with Crippen LogP contribution in [0.1, 0.15) is 142 Å². The summed E-state index contributed by atoms with van der Waals surface area (Å²) in [5.74, 6) is -1.75. The first-order valence-corrected chi connectivity index (χ1v) is 13.6. The van der Waals surface area contributed by atoms with Gasteiger partial charge in [0.05, 0.1) is 18.9 Å². The Kier molecular flexibility index (Phi) is 23.3. The third-order valence-corrected chi connectivity index (χ3v) is 6.02. The van der Waals surface area contributed by atoms with E-state index in [1.165, 1.54) is 96.3 Å². The van der Waals surface area contributed by atoms with Gasteiger partial charge in [-0.3, -0.25) is 9.59 Å². The van der Waals surface area contributed by atoms with Crippen molar-refractivity contribution in [3.63, 3.8) is 0 Å². The molecule has 0 rings (SSSR count). The third-order valence-electron chi connectivity index (χ3n) is 6.02. The van der Waals surface area contributed by atoms with Crippen LogP contribution in [0.3, 0.4) is 0 Å². The van der Waals surface area contributed by atoms with Gasteiger partial charge in [0.15, 0.2) is 0 Å². The molecule has 1 N–H and O–H groups in total. The number of carboxylic acids is 1. The second-order valence-corrected chi connectivity index (χ2v) is 9.25. The molecule has 0 fully saturated rings. The molecule has 32 heavy (non-hydrogen) atoms. The largest absolute Gasteiger partial charge is 0.481 e. The summed E-state index contributed by atoms with van der Waals surface area (Å²) in [4.78, 5) is 22.9. The first kappa shape index (κ1) is 30.7. The number of carbonyl (C=O) groups excluding carboxylic acids is 1. The summed E-state index contributed by atoms with van der Waals surface area (Å²) in [6.07, 6.45) is 27.7. The molecule has 0 aliphatic carbocycles. The SMILES string of the molecule is CCCCCCCCC/C=C/CCCCCCCCCCC(CC(=O)O)C(=O)OCCC. The van der Waals surface area contributed by atoms with Crippen LogP contribution in [0, 0.1) is 5.92 Å². The van der Waals surface area contributed by atoms with Crippen molar-refractivity contribution >= 4 is 11.9 Å². The number of esters is 1. The fourth-order valence-corrected chi connectivity index (χ4v) is 4.00. The molecule has 1 atom stereocenters. The average Bonchev–Trinajstić information content (AvgIpc) is 2.77. The van der Waals surface area contributed by atoms with Crippen molar-refractivity contribution in [2.75, 3.05) is 6.61 Å². The number of hydrogen-bond acceptors (Lipinski definition) is 3. The number of carboxylic acid groups (broad SMARTS) is 1. The van der Waals surface area contributed by atoms with Crippen molar-refractivity contribution in [3.8, 4) is 0 Å². The summed E-state index contributed by atoms with van der Waals surface area (Å²) >= 11 is 0. The van der Waals surface area contributed by atoms with Crippen molar-refractivity contribution in [3.05, 3.63) is 12.2 Å². The van der Waals surface area contributed by atoms with Crippen LogP contribution in [0.4, 0.5) is 0 Å². The molecular weight excluding hydrogens is 400 g/mol. The molecule has 0 saturated heterocycles. The minimum atomic E-state index is -0.920. The molecule has 188 valence electrons. The van der Waals surface area contributed by atoms with Gasteiger partial charge in [-0.15, -0.1) is 0 Å². The quantitative estimate of drug-likeness (QED) is 0.0904. The molecule has 0 saturated carbocycles. The molecule has 0 spiro atoms. The Bertz CT molecular complexity index is 458. The van der Waals surface area contributed by atoms with E-state index < -0.39 is 11.9 Å². The van der Waals surface area contributed by atoms with Crippen molar-refractivity contribution < 1.29 is 19.4 Å². The van der Waals surface area contributed by atoms with E-state index in [1.54, 1.807) is 0 Å². The monoisotopic (exact) mass is 452 g/mol. The zero-order valence-corrected chi connectivity index (χ0v) is 21.3. The minimum absolute atomic E-state index is 0.115. The lowest BCUT2D eigenvalue weighted by molar-refractivity contribution is -0.153. The van der Waals surface area contributed by atoms with Gasteiger partial charge in [-0.2, -0.15) is 0 Å². The van der Waals surface area contributed by atoms with Crippen LogP contribution in [0.15, 0.2) is 12.2 Å². The molecule has 4 nitrogen and oxygen atoms in total. The van der Waals surface area contributed by atoms with E-state index in [9.17, 15) is 9.59 Å². The molecule has 0 radical (unpaired) electrons. The predicted octanol–water partition coefficient (Wildman–Crippen LogP) is 8.63. The maximum absolute atomic E-state index is 12.0. The number of ether oxygens (including phenoxy) is 1. The molecule has 0 aromatic heterocycles. The number of unbranched alkanes of at least 4 members (excludes halogenated alkanes) is 15. The predicted molar refractivity (Wildman–Crippen MR) is 135 cm³/mol. The zero-order valence-electron chi connectivity index (χ0n) is 21.3. The van der Waals surface area contributed by atoms with E-state index in [0.29, 0.717) is 13.0 Å². The number of aliphatic carboxylic acids is 1. The second kappa shape index (κ2) is 24.3. The maximum Gasteiger partial charge on any atom is 0.309 e. The highest BCUT2D eigenvalue weighted by molar-refractivity contribution is 5.79. The van der Waals surface area contributed by atoms with Crippen molar-refractivity contribution in [1.82, 2.24) is 0 Å². The Morgan fingerprint density at radius 3 is 1.62 bits per heavy atom. The van der Waals surface area contributed by atoms with Crippen LogP contribution in [0.25, 0.3) is 0 Å². The molecule has 1 unspecified atom stereocenters. The molecule has 0 aromatic rings. The van der Waals surface area contributed by atoms with Crippen molar-refractivity contribution in [1.29, 1.82) is 0 Å². The van der Waals surface area contributed by atoms with E-state index >= 15 is 0 Å². The Morgan fingerprint density at radius 2 is 1.16 bits per heavy atom. The molecule has 0 heterocycles. The van der Waals surface area contributed by atoms with E-state index in [-0.39, 0.29) is 12.4 Å². The van der Waals surface area contributed by atoms with Gasteiger partial charge >= 0.3 is 11.9 Å². The normalized spacial score (nSPS) is 12.3. The van der Waals surface area contributed by atoms with Crippen molar-refractivity contribution in [2.45, 2.75) is 142 Å². The Balaban J connectivity index is 3.48. The molecule has 0 aliphatic rings. The number of carbonyl (C=O) groups is 2. The van der Waals surface area contributed by atoms with Gasteiger partial charge in [0.2, 0.25) is 0 Å². The van der Waals surface area contributed by atoms with Gasteiger partial charge in [0.1, 0.15) is 0 Å². The van der Waals surface area contributed by atoms with E-state index in [4.69, 9.17) is 9.84 Å². The van der Waals surface area contributed by atoms with E-state index in [2.05, 4.69) is 19.1 Å². The highest BCUT2D eigenvalue weighted by Gasteiger charge is 2.22. The lowest BCUT2D eigenvalue weighted by Crippen LogP contribution is -2.21. The average molecular weight is 453 g/mol. The zero-order chi connectivity index (χ0) is 23.7. The smallest absolute Gasteiger partial charge is 0.309 e. The number of hydrogen-bond donors (Lipinski definition) is 1. The topological polar surface area (TPSA) is 63.6 Å². The van der Waals surface area contributed by atoms with Crippen LogP contribution >= 0.6 is 0 Å². The Morgan fingerprint density at radius 1 is 0.688 bits per heavy atom. The van der Waals surface area contributed by atoms with Gasteiger partial charge in [-0.1, -0.05) is 109 Å². The van der Waals surface area contributed by atoms with Crippen LogP contribution in [0.2, 0.25) is 0 Å². The summed E-state index contributed by atoms with van der Waals surface area (Å²) in [6, 6.07) is 0. The van der Waals surface area contributed by atoms with Crippen molar-refractivity contribution in [2.24, 2.45) is 5.92 Å². The third kappa shape index (κ3) is 21.9. The van der Waals surface area contributed by atoms with Gasteiger partial charge in [0, 0.05) is 0 Å². The van der Waals surface area contributed by atoms with Crippen LogP contribution < -0.4 is 0 Å². The van der Waals surface area contributed by atoms with Gasteiger partial charge in [-0.25, -0.2) is 0 Å². The van der Waals surface area contributed by atoms with Gasteiger partial charge in [-0.05, 0) is 38.5 Å². The number of rotatable bonds is 24. The first-order valence-electron chi connectivity index (χ1n) is 13.6. The summed E-state index contributed by atoms with van der Waals surface area (Å²) in [5.41, 5.74) is 0. The summed E-state index contributed by atoms with van der Waals surface area (Å²) in [7, 11) is 0. The molecule has 0 aromatic carbocycles. The standard InChI is InChI=1S/C28H52O4/c1-3-5-6-7-8-9-10-11-12-13-14-15-16-17-18-19-20-21-22-23-26(25-27(29)30)28(31)32-24-4-2/h12-13,26H,3-11,14-25H2,1-2H3,(H,29,30)/b13-12+. The lowest BCUT2D eigenvalue weighted by Gasteiger charge is -2.13. The van der Waals surface area contributed by atoms with Gasteiger partial charge < -0.3 is 9.84 Å². The molecule has 0 bridgehead atoms. The summed E-state index contributed by atoms with van der Waals surface area (Å²) < 4.78 is 5.14. The molecule has 0 aliphatic heterocycles. The highest BCUT2D eigenvalue weighted by atomic mass is 16.5. The minimum Gasteiger partial charge on any atom is -0.481 e. The fraction of sp³-hybridized carbons (Fsp3) is 0.857. The molecule has 4 heteroatoms. The maximum atomic E-state index is 12.0. The lowest BCUT2D eigenvalue weighted by atomic mass is 9.97. The Labute approximate surface area is 198 Å². The summed E-state index contributed by atoms with van der Waals surface area (Å²) in [6.45, 7) is 4.59. The van der Waals surface area contributed by atoms with Gasteiger partial charge in [0.25, 0.3) is 0 Å². The fourth-order valence-electron chi connectivity index (χ4n) is 4.00. The molecular formula is C28H52O4. The molecule has 0 amide bonds. The van der Waals surface area contributed by atoms with Crippen LogP contribution in [0.5, 0.6) is 0 Å². The van der Waals surface area contributed by atoms with E-state index in [0.717, 1.165) is 19.3 Å². The highest BCUT2D eigenvalue weighted by Crippen LogP contribution is 2.18.